The minimum absolute atomic E-state index is 0.163. The van der Waals surface area contributed by atoms with Gasteiger partial charge >= 0.3 is 0 Å². The van der Waals surface area contributed by atoms with Gasteiger partial charge in [0.1, 0.15) is 0 Å². The van der Waals surface area contributed by atoms with E-state index in [1.165, 1.54) is 28.9 Å². The van der Waals surface area contributed by atoms with Gasteiger partial charge in [0.2, 0.25) is 9.84 Å². The minimum atomic E-state index is -3.65. The predicted molar refractivity (Wildman–Crippen MR) is 187 cm³/mol. The maximum Gasteiger partial charge on any atom is 0.206 e. The lowest BCUT2D eigenvalue weighted by atomic mass is 10.0. The highest BCUT2D eigenvalue weighted by atomic mass is 32.2. The monoisotopic (exact) mass is 670 g/mol. The molecule has 3 aliphatic rings. The molecule has 4 aromatic carbocycles. The first-order chi connectivity index (χ1) is 23.3. The van der Waals surface area contributed by atoms with Gasteiger partial charge in [-0.1, -0.05) is 24.3 Å². The highest BCUT2D eigenvalue weighted by Crippen LogP contribution is 2.26. The van der Waals surface area contributed by atoms with Crippen LogP contribution >= 0.6 is 0 Å². The number of nitrogens with one attached hydrogen (secondary N) is 1. The highest BCUT2D eigenvalue weighted by Gasteiger charge is 2.31. The van der Waals surface area contributed by atoms with Gasteiger partial charge in [-0.2, -0.15) is 0 Å². The Labute approximate surface area is 281 Å². The fraction of sp³-hybridized carbons (Fsp3) is 0.351. The molecule has 4 N–H and O–H groups in total. The standard InChI is InChI=1S/C37H42N4O6S/c38-28-5-13-36(14-6-28)48(43,44)37-15-7-29(8-16-37)39-18-32(42)19-40(20-33-23-45-33)30-9-1-26(2-10-30)17-27-3-11-31(12-4-27)41(21-34-24-46-34)22-35-25-47-35/h1-16,32-35,39,42H,17-25,38H2. The van der Waals surface area contributed by atoms with E-state index in [4.69, 9.17) is 19.9 Å². The normalized spacial score (nSPS) is 20.1. The van der Waals surface area contributed by atoms with Crippen molar-refractivity contribution < 1.29 is 27.7 Å². The summed E-state index contributed by atoms with van der Waals surface area (Å²) in [5.74, 6) is 0. The molecule has 3 aliphatic heterocycles. The Morgan fingerprint density at radius 1 is 0.688 bits per heavy atom. The van der Waals surface area contributed by atoms with Gasteiger partial charge in [0.05, 0.1) is 54.0 Å². The molecule has 10 nitrogen and oxygen atoms in total. The van der Waals surface area contributed by atoms with Crippen LogP contribution in [0, 0.1) is 0 Å². The summed E-state index contributed by atoms with van der Waals surface area (Å²) in [4.78, 5) is 4.91. The van der Waals surface area contributed by atoms with Crippen LogP contribution in [0.3, 0.4) is 0 Å². The molecule has 3 heterocycles. The van der Waals surface area contributed by atoms with E-state index in [9.17, 15) is 13.5 Å². The van der Waals surface area contributed by atoms with E-state index in [0.717, 1.165) is 50.7 Å². The smallest absolute Gasteiger partial charge is 0.206 e. The van der Waals surface area contributed by atoms with Gasteiger partial charge < -0.3 is 40.2 Å². The van der Waals surface area contributed by atoms with Crippen molar-refractivity contribution in [3.63, 3.8) is 0 Å². The third kappa shape index (κ3) is 8.66. The molecule has 0 spiro atoms. The van der Waals surface area contributed by atoms with Gasteiger partial charge in [-0.25, -0.2) is 8.42 Å². The summed E-state index contributed by atoms with van der Waals surface area (Å²) in [6.07, 6.45) is 0.987. The summed E-state index contributed by atoms with van der Waals surface area (Å²) in [5.41, 5.74) is 11.6. The number of nitrogens with zero attached hydrogens (tertiary/aromatic N) is 2. The number of aliphatic hydroxyl groups excluding tert-OH is 1. The molecule has 0 bridgehead atoms. The van der Waals surface area contributed by atoms with Crippen molar-refractivity contribution in [2.45, 2.75) is 40.6 Å². The number of epoxide rings is 3. The number of rotatable bonds is 17. The molecule has 0 aromatic heterocycles. The molecule has 4 atom stereocenters. The number of sulfone groups is 1. The molecule has 0 amide bonds. The molecular formula is C37H42N4O6S. The van der Waals surface area contributed by atoms with Crippen molar-refractivity contribution in [3.8, 4) is 0 Å². The average molecular weight is 671 g/mol. The van der Waals surface area contributed by atoms with Crippen LogP contribution < -0.4 is 20.9 Å². The SMILES string of the molecule is Nc1ccc(S(=O)(=O)c2ccc(NCC(O)CN(CC3CO3)c3ccc(Cc4ccc(N(CC5CO5)CC5CO5)cc4)cc3)cc2)cc1. The van der Waals surface area contributed by atoms with Crippen molar-refractivity contribution in [1.29, 1.82) is 0 Å². The first kappa shape index (κ1) is 32.4. The fourth-order valence-corrected chi connectivity index (χ4v) is 7.06. The zero-order valence-electron chi connectivity index (χ0n) is 26.8. The molecule has 11 heteroatoms. The number of hydrogen-bond donors (Lipinski definition) is 3. The van der Waals surface area contributed by atoms with E-state index in [0.29, 0.717) is 37.5 Å². The third-order valence-corrected chi connectivity index (χ3v) is 10.6. The van der Waals surface area contributed by atoms with E-state index in [1.54, 1.807) is 36.4 Å². The molecule has 3 fully saturated rings. The molecule has 252 valence electrons. The number of nitrogen functional groups attached to an aromatic ring is 1. The molecule has 48 heavy (non-hydrogen) atoms. The third-order valence-electron chi connectivity index (χ3n) is 8.82. The van der Waals surface area contributed by atoms with Gasteiger partial charge in [0.25, 0.3) is 0 Å². The molecule has 0 aliphatic carbocycles. The van der Waals surface area contributed by atoms with Gasteiger partial charge in [-0.15, -0.1) is 0 Å². The van der Waals surface area contributed by atoms with Crippen LogP contribution in [0.25, 0.3) is 0 Å². The minimum Gasteiger partial charge on any atom is -0.399 e. The predicted octanol–water partition coefficient (Wildman–Crippen LogP) is 3.97. The fourth-order valence-electron chi connectivity index (χ4n) is 5.80. The first-order valence-corrected chi connectivity index (χ1v) is 17.9. The maximum absolute atomic E-state index is 13.0. The number of anilines is 4. The zero-order valence-corrected chi connectivity index (χ0v) is 27.6. The van der Waals surface area contributed by atoms with Crippen molar-refractivity contribution in [2.24, 2.45) is 0 Å². The zero-order chi connectivity index (χ0) is 33.1. The summed E-state index contributed by atoms with van der Waals surface area (Å²) in [6, 6.07) is 30.0. The Morgan fingerprint density at radius 2 is 1.12 bits per heavy atom. The van der Waals surface area contributed by atoms with Gasteiger partial charge in [-0.3, -0.25) is 0 Å². The topological polar surface area (TPSA) is 136 Å². The van der Waals surface area contributed by atoms with Crippen LogP contribution in [0.15, 0.2) is 107 Å². The molecule has 3 saturated heterocycles. The van der Waals surface area contributed by atoms with E-state index in [-0.39, 0.29) is 15.9 Å². The highest BCUT2D eigenvalue weighted by molar-refractivity contribution is 7.91. The Bertz CT molecular complexity index is 1740. The summed E-state index contributed by atoms with van der Waals surface area (Å²) in [5, 5.41) is 14.2. The number of benzene rings is 4. The Hall–Kier alpha value is -4.13. The lowest BCUT2D eigenvalue weighted by Crippen LogP contribution is -2.38. The van der Waals surface area contributed by atoms with Crippen LogP contribution in [0.4, 0.5) is 22.7 Å². The molecule has 0 radical (unpaired) electrons. The Kier molecular flexibility index (Phi) is 9.56. The number of ether oxygens (including phenoxy) is 3. The van der Waals surface area contributed by atoms with Crippen LogP contribution in [-0.4, -0.2) is 90.5 Å². The maximum atomic E-state index is 13.0. The Balaban J connectivity index is 0.928. The first-order valence-electron chi connectivity index (χ1n) is 16.4. The number of hydrogen-bond acceptors (Lipinski definition) is 10. The Morgan fingerprint density at radius 3 is 1.60 bits per heavy atom. The van der Waals surface area contributed by atoms with Crippen LogP contribution in [0.5, 0.6) is 0 Å². The average Bonchev–Trinajstić information content (AvgIpc) is 3.93. The van der Waals surface area contributed by atoms with Gasteiger partial charge in [-0.05, 0) is 90.3 Å². The number of aliphatic hydroxyl groups is 1. The second-order valence-corrected chi connectivity index (χ2v) is 14.8. The van der Waals surface area contributed by atoms with Crippen LogP contribution in [-0.2, 0) is 30.5 Å². The molecule has 4 aromatic rings. The summed E-state index contributed by atoms with van der Waals surface area (Å²) in [7, 11) is -3.65. The van der Waals surface area contributed by atoms with Gasteiger partial charge in [0, 0.05) is 55.5 Å². The largest absolute Gasteiger partial charge is 0.399 e. The quantitative estimate of drug-likeness (QED) is 0.112. The second kappa shape index (κ2) is 14.2. The van der Waals surface area contributed by atoms with E-state index < -0.39 is 15.9 Å². The van der Waals surface area contributed by atoms with Gasteiger partial charge in [0.15, 0.2) is 0 Å². The van der Waals surface area contributed by atoms with Crippen molar-refractivity contribution in [3.05, 3.63) is 108 Å². The van der Waals surface area contributed by atoms with Crippen LogP contribution in [0.2, 0.25) is 0 Å². The van der Waals surface area contributed by atoms with Crippen molar-refractivity contribution in [2.75, 3.05) is 73.4 Å². The second-order valence-electron chi connectivity index (χ2n) is 12.8. The van der Waals surface area contributed by atoms with E-state index in [2.05, 4.69) is 63.6 Å². The van der Waals surface area contributed by atoms with Crippen molar-refractivity contribution >= 4 is 32.6 Å². The van der Waals surface area contributed by atoms with E-state index in [1.807, 2.05) is 0 Å². The summed E-state index contributed by atoms with van der Waals surface area (Å²) >= 11 is 0. The molecular weight excluding hydrogens is 628 g/mol. The van der Waals surface area contributed by atoms with Crippen LogP contribution in [0.1, 0.15) is 11.1 Å². The lowest BCUT2D eigenvalue weighted by Gasteiger charge is -2.27. The lowest BCUT2D eigenvalue weighted by molar-refractivity contribution is 0.192. The van der Waals surface area contributed by atoms with E-state index >= 15 is 0 Å². The molecule has 0 saturated carbocycles. The number of nitrogens with two attached hydrogens (primary N) is 1. The summed E-state index contributed by atoms with van der Waals surface area (Å²) < 4.78 is 42.4. The molecule has 7 rings (SSSR count). The molecule has 4 unspecified atom stereocenters. The summed E-state index contributed by atoms with van der Waals surface area (Å²) in [6.45, 7) is 5.64. The van der Waals surface area contributed by atoms with Crippen molar-refractivity contribution in [1.82, 2.24) is 0 Å².